The van der Waals surface area contributed by atoms with Crippen LogP contribution in [0.4, 0.5) is 32.0 Å². The average molecular weight is 496 g/mol. The lowest BCUT2D eigenvalue weighted by Crippen LogP contribution is -2.45. The number of alkyl halides is 6. The highest BCUT2D eigenvalue weighted by atomic mass is 35.5. The number of ether oxygens (including phenoxy) is 1. The first-order valence-electron chi connectivity index (χ1n) is 9.85. The third-order valence-corrected chi connectivity index (χ3v) is 7.21. The zero-order valence-corrected chi connectivity index (χ0v) is 17.5. The molecule has 1 aliphatic carbocycles. The highest BCUT2D eigenvalue weighted by Gasteiger charge is 2.88. The molecule has 178 valence electrons. The molecule has 5 atom stereocenters. The quantitative estimate of drug-likeness (QED) is 0.633. The second-order valence-corrected chi connectivity index (χ2v) is 9.08. The van der Waals surface area contributed by atoms with E-state index < -0.39 is 63.7 Å². The number of amides is 1. The van der Waals surface area contributed by atoms with E-state index in [9.17, 15) is 36.2 Å². The van der Waals surface area contributed by atoms with E-state index in [1.165, 1.54) is 13.2 Å². The molecular formula is C20H16ClF6N3O3. The van der Waals surface area contributed by atoms with Crippen LogP contribution in [0, 0.1) is 5.41 Å². The van der Waals surface area contributed by atoms with Gasteiger partial charge in [-0.15, -0.1) is 0 Å². The highest BCUT2D eigenvalue weighted by molar-refractivity contribution is 6.31. The van der Waals surface area contributed by atoms with Crippen LogP contribution in [0.3, 0.4) is 0 Å². The maximum absolute atomic E-state index is 13.7. The molecule has 3 heterocycles. The maximum Gasteiger partial charge on any atom is 0.435 e. The second kappa shape index (κ2) is 6.63. The van der Waals surface area contributed by atoms with E-state index in [1.807, 2.05) is 0 Å². The fourth-order valence-electron chi connectivity index (χ4n) is 5.59. The molecule has 1 aromatic heterocycles. The molecule has 2 N–H and O–H groups in total. The van der Waals surface area contributed by atoms with Crippen LogP contribution in [0.1, 0.15) is 29.7 Å². The van der Waals surface area contributed by atoms with Gasteiger partial charge in [0.2, 0.25) is 5.91 Å². The number of nitrogens with zero attached hydrogens (tertiary/aromatic N) is 2. The highest BCUT2D eigenvalue weighted by Crippen LogP contribution is 2.78. The maximum atomic E-state index is 13.7. The Morgan fingerprint density at radius 3 is 2.58 bits per heavy atom. The minimum atomic E-state index is -4.80. The van der Waals surface area contributed by atoms with Gasteiger partial charge in [0.25, 0.3) is 0 Å². The zero-order valence-electron chi connectivity index (χ0n) is 16.8. The van der Waals surface area contributed by atoms with E-state index in [0.717, 1.165) is 16.8 Å². The van der Waals surface area contributed by atoms with Crippen molar-refractivity contribution in [3.8, 4) is 0 Å². The molecule has 1 amide bonds. The van der Waals surface area contributed by atoms with Crippen molar-refractivity contribution in [2.45, 2.75) is 48.9 Å². The number of anilines is 1. The minimum absolute atomic E-state index is 0.0264. The summed E-state index contributed by atoms with van der Waals surface area (Å²) in [5.41, 5.74) is -5.44. The largest absolute Gasteiger partial charge is 0.435 e. The number of aliphatic hydroxyl groups excluding tert-OH is 1. The number of aromatic nitrogens is 2. The van der Waals surface area contributed by atoms with Crippen LogP contribution in [-0.2, 0) is 34.3 Å². The van der Waals surface area contributed by atoms with Gasteiger partial charge in [0.05, 0.1) is 34.3 Å². The Hall–Kier alpha value is -2.31. The van der Waals surface area contributed by atoms with Crippen LogP contribution in [-0.4, -0.2) is 39.1 Å². The third kappa shape index (κ3) is 2.96. The van der Waals surface area contributed by atoms with E-state index in [0.29, 0.717) is 6.07 Å². The van der Waals surface area contributed by atoms with E-state index in [4.69, 9.17) is 16.3 Å². The van der Waals surface area contributed by atoms with Gasteiger partial charge in [0, 0.05) is 36.3 Å². The number of aryl methyl sites for hydroxylation is 1. The predicted octanol–water partition coefficient (Wildman–Crippen LogP) is 3.91. The molecule has 6 nitrogen and oxygen atoms in total. The van der Waals surface area contributed by atoms with Crippen LogP contribution >= 0.6 is 11.6 Å². The summed E-state index contributed by atoms with van der Waals surface area (Å²) in [6.07, 6.45) is -11.3. The predicted molar refractivity (Wildman–Crippen MR) is 101 cm³/mol. The lowest BCUT2D eigenvalue weighted by molar-refractivity contribution is -0.143. The Balaban J connectivity index is 1.53. The summed E-state index contributed by atoms with van der Waals surface area (Å²) in [4.78, 5) is 13.4. The number of hydrogen-bond donors (Lipinski definition) is 2. The number of fused-ring (bicyclic) bond motifs is 5. The molecule has 0 radical (unpaired) electrons. The number of carbonyl (C=O) groups excluding carboxylic acids is 1. The molecule has 5 rings (SSSR count). The first-order chi connectivity index (χ1) is 15.2. The summed E-state index contributed by atoms with van der Waals surface area (Å²) in [5, 5.41) is 15.8. The Morgan fingerprint density at radius 1 is 1.27 bits per heavy atom. The monoisotopic (exact) mass is 495 g/mol. The Morgan fingerprint density at radius 2 is 1.97 bits per heavy atom. The normalized spacial score (nSPS) is 32.7. The van der Waals surface area contributed by atoms with Crippen LogP contribution in [0.2, 0.25) is 5.02 Å². The number of hydrogen-bond acceptors (Lipinski definition) is 4. The fraction of sp³-hybridized carbons (Fsp3) is 0.500. The molecule has 2 bridgehead atoms. The van der Waals surface area contributed by atoms with Crippen LogP contribution in [0.25, 0.3) is 0 Å². The van der Waals surface area contributed by atoms with Crippen molar-refractivity contribution >= 4 is 23.2 Å². The van der Waals surface area contributed by atoms with Crippen LogP contribution in [0.5, 0.6) is 0 Å². The smallest absolute Gasteiger partial charge is 0.390 e. The van der Waals surface area contributed by atoms with E-state index in [2.05, 4.69) is 10.4 Å². The third-order valence-electron chi connectivity index (χ3n) is 6.90. The Bertz CT molecular complexity index is 1160. The van der Waals surface area contributed by atoms with E-state index in [-0.39, 0.29) is 24.1 Å². The number of halogens is 7. The van der Waals surface area contributed by atoms with Crippen molar-refractivity contribution in [3.05, 3.63) is 46.2 Å². The van der Waals surface area contributed by atoms with Gasteiger partial charge in [-0.05, 0) is 24.6 Å². The molecule has 1 saturated carbocycles. The molecule has 2 aromatic rings. The summed E-state index contributed by atoms with van der Waals surface area (Å²) in [6, 6.07) is 2.65. The molecular weight excluding hydrogens is 480 g/mol. The van der Waals surface area contributed by atoms with Crippen molar-refractivity contribution in [2.75, 3.05) is 5.32 Å². The standard InChI is InChI=1S/C20H16ClF6N3O3/c1-30-6-10(14(29-30)20(25,26)27)17-7-18(17,13-5-12(31)15(17)33-13)16(32)28-8-2-3-9(11(21)4-8)19(22,23)24/h2-4,6,12-13,15,31H,5,7H2,1H3,(H,28,32). The number of nitrogens with one attached hydrogen (secondary N) is 1. The first kappa shape index (κ1) is 22.5. The molecule has 13 heteroatoms. The first-order valence-corrected chi connectivity index (χ1v) is 10.2. The molecule has 3 aliphatic rings. The van der Waals surface area contributed by atoms with Gasteiger partial charge in [0.15, 0.2) is 5.69 Å². The lowest BCUT2D eigenvalue weighted by atomic mass is 9.73. The van der Waals surface area contributed by atoms with Crippen molar-refractivity contribution in [1.29, 1.82) is 0 Å². The summed E-state index contributed by atoms with van der Waals surface area (Å²) in [7, 11) is 1.31. The number of carbonyl (C=O) groups is 1. The number of rotatable bonds is 3. The Labute approximate surface area is 187 Å². The van der Waals surface area contributed by atoms with Gasteiger partial charge in [0.1, 0.15) is 0 Å². The van der Waals surface area contributed by atoms with Gasteiger partial charge < -0.3 is 15.2 Å². The summed E-state index contributed by atoms with van der Waals surface area (Å²) in [5.74, 6) is -0.713. The van der Waals surface area contributed by atoms with E-state index >= 15 is 0 Å². The lowest BCUT2D eigenvalue weighted by Gasteiger charge is -2.29. The zero-order chi connectivity index (χ0) is 24.1. The second-order valence-electron chi connectivity index (χ2n) is 8.68. The summed E-state index contributed by atoms with van der Waals surface area (Å²) >= 11 is 5.72. The molecule has 3 fully saturated rings. The van der Waals surface area contributed by atoms with Gasteiger partial charge in [-0.2, -0.15) is 31.4 Å². The van der Waals surface area contributed by atoms with Gasteiger partial charge in [-0.1, -0.05) is 11.6 Å². The fourth-order valence-corrected chi connectivity index (χ4v) is 5.87. The molecule has 1 aromatic carbocycles. The van der Waals surface area contributed by atoms with Gasteiger partial charge >= 0.3 is 12.4 Å². The molecule has 5 unspecified atom stereocenters. The molecule has 0 spiro atoms. The number of aliphatic hydroxyl groups is 1. The SMILES string of the molecule is Cn1cc(C23CC2(C(=O)Nc2ccc(C(F)(F)F)c(Cl)c2)C2CC(O)C3O2)c(C(F)(F)F)n1. The van der Waals surface area contributed by atoms with E-state index in [1.54, 1.807) is 0 Å². The van der Waals surface area contributed by atoms with Crippen molar-refractivity contribution in [3.63, 3.8) is 0 Å². The van der Waals surface area contributed by atoms with Crippen LogP contribution in [0.15, 0.2) is 24.4 Å². The number of benzene rings is 1. The minimum Gasteiger partial charge on any atom is -0.390 e. The summed E-state index contributed by atoms with van der Waals surface area (Å²) in [6.45, 7) is 0. The van der Waals surface area contributed by atoms with Crippen molar-refractivity contribution in [1.82, 2.24) is 9.78 Å². The van der Waals surface area contributed by atoms with Crippen LogP contribution < -0.4 is 5.32 Å². The van der Waals surface area contributed by atoms with Crippen molar-refractivity contribution < 1.29 is 41.0 Å². The average Bonchev–Trinajstić information content (AvgIpc) is 2.90. The topological polar surface area (TPSA) is 76.4 Å². The van der Waals surface area contributed by atoms with Gasteiger partial charge in [-0.3, -0.25) is 9.48 Å². The molecule has 33 heavy (non-hydrogen) atoms. The molecule has 2 saturated heterocycles. The Kier molecular flexibility index (Phi) is 4.52. The van der Waals surface area contributed by atoms with Gasteiger partial charge in [-0.25, -0.2) is 0 Å². The van der Waals surface area contributed by atoms with Crippen molar-refractivity contribution in [2.24, 2.45) is 12.5 Å². The summed E-state index contributed by atoms with van der Waals surface area (Å²) < 4.78 is 86.7. The molecule has 2 aliphatic heterocycles.